The highest BCUT2D eigenvalue weighted by Crippen LogP contribution is 2.51. The number of thioether (sulfide) groups is 1. The lowest BCUT2D eigenvalue weighted by Gasteiger charge is -2.21. The van der Waals surface area contributed by atoms with Gasteiger partial charge in [-0.2, -0.15) is 0 Å². The summed E-state index contributed by atoms with van der Waals surface area (Å²) < 4.78 is 0. The Bertz CT molecular complexity index is 1060. The Morgan fingerprint density at radius 1 is 0.846 bits per heavy atom. The van der Waals surface area contributed by atoms with Gasteiger partial charge in [0.05, 0.1) is 22.6 Å². The van der Waals surface area contributed by atoms with Crippen molar-refractivity contribution in [3.63, 3.8) is 0 Å². The van der Waals surface area contributed by atoms with Gasteiger partial charge in [-0.3, -0.25) is 9.79 Å². The average molecular weight is 376 g/mol. The summed E-state index contributed by atoms with van der Waals surface area (Å²) in [5.41, 5.74) is 4.63. The molecule has 1 aliphatic carbocycles. The fourth-order valence-electron chi connectivity index (χ4n) is 3.69. The largest absolute Gasteiger partial charge is 0.293 e. The Morgan fingerprint density at radius 3 is 2.35 bits per heavy atom. The summed E-state index contributed by atoms with van der Waals surface area (Å²) in [6.45, 7) is 0. The Labute approximate surface area is 160 Å². The number of Topliss-reactive ketones (excluding diaryl/α,β-unsaturated/α-hetero) is 1. The van der Waals surface area contributed by atoms with Crippen LogP contribution in [0.3, 0.4) is 0 Å². The first-order valence-electron chi connectivity index (χ1n) is 8.46. The maximum Gasteiger partial charge on any atom is 0.174 e. The average Bonchev–Trinajstić information content (AvgIpc) is 2.84. The lowest BCUT2D eigenvalue weighted by Crippen LogP contribution is -2.21. The predicted octanol–water partition coefficient (Wildman–Crippen LogP) is 6.12. The number of carbonyl (C=O) groups excluding carboxylic acids is 1. The van der Waals surface area contributed by atoms with Crippen LogP contribution in [0.5, 0.6) is 0 Å². The Balaban J connectivity index is 1.75. The number of halogens is 1. The van der Waals surface area contributed by atoms with E-state index in [1.54, 1.807) is 11.8 Å². The number of hydrogen-bond donors (Lipinski definition) is 0. The van der Waals surface area contributed by atoms with Crippen molar-refractivity contribution >= 4 is 40.5 Å². The van der Waals surface area contributed by atoms with Gasteiger partial charge in [0, 0.05) is 21.0 Å². The lowest BCUT2D eigenvalue weighted by atomic mass is 9.93. The van der Waals surface area contributed by atoms with E-state index in [1.165, 1.54) is 0 Å². The molecule has 2 atom stereocenters. The Morgan fingerprint density at radius 2 is 1.54 bits per heavy atom. The molecule has 0 amide bonds. The van der Waals surface area contributed by atoms with E-state index in [0.29, 0.717) is 5.02 Å². The zero-order valence-electron chi connectivity index (χ0n) is 13.7. The molecular formula is C22H14ClNOS. The van der Waals surface area contributed by atoms with Crippen LogP contribution in [-0.2, 0) is 0 Å². The minimum Gasteiger partial charge on any atom is -0.293 e. The highest BCUT2D eigenvalue weighted by molar-refractivity contribution is 7.99. The van der Waals surface area contributed by atoms with Crippen molar-refractivity contribution in [2.24, 2.45) is 10.9 Å². The van der Waals surface area contributed by atoms with Gasteiger partial charge in [0.25, 0.3) is 0 Å². The molecule has 0 bridgehead atoms. The fourth-order valence-corrected chi connectivity index (χ4v) is 5.16. The second-order valence-electron chi connectivity index (χ2n) is 6.44. The molecule has 0 radical (unpaired) electrons. The van der Waals surface area contributed by atoms with Crippen molar-refractivity contribution in [1.82, 2.24) is 0 Å². The summed E-state index contributed by atoms with van der Waals surface area (Å²) >= 11 is 7.79. The molecule has 3 aromatic carbocycles. The van der Waals surface area contributed by atoms with Gasteiger partial charge in [0.15, 0.2) is 5.78 Å². The number of carbonyl (C=O) groups is 1. The fraction of sp³-hybridized carbons (Fsp3) is 0.0909. The van der Waals surface area contributed by atoms with E-state index in [1.807, 2.05) is 66.7 Å². The maximum atomic E-state index is 13.3. The molecule has 26 heavy (non-hydrogen) atoms. The van der Waals surface area contributed by atoms with Gasteiger partial charge in [-0.15, -0.1) is 11.8 Å². The third-order valence-electron chi connectivity index (χ3n) is 4.91. The van der Waals surface area contributed by atoms with Crippen LogP contribution in [-0.4, -0.2) is 11.5 Å². The third-order valence-corrected chi connectivity index (χ3v) is 6.56. The van der Waals surface area contributed by atoms with Gasteiger partial charge >= 0.3 is 0 Å². The molecule has 0 fully saturated rings. The SMILES string of the molecule is O=C1c2ccccc2C2=Nc3ccccc3S[C@@H](c3ccc(Cl)cc3)[C@@H]12. The Kier molecular flexibility index (Phi) is 3.73. The first-order valence-corrected chi connectivity index (χ1v) is 9.71. The number of fused-ring (bicyclic) bond motifs is 4. The molecule has 3 aromatic rings. The van der Waals surface area contributed by atoms with Gasteiger partial charge in [0.2, 0.25) is 0 Å². The van der Waals surface area contributed by atoms with Crippen molar-refractivity contribution < 1.29 is 4.79 Å². The second kappa shape index (κ2) is 6.11. The van der Waals surface area contributed by atoms with Crippen LogP contribution in [0, 0.1) is 5.92 Å². The molecule has 0 N–H and O–H groups in total. The van der Waals surface area contributed by atoms with E-state index in [4.69, 9.17) is 16.6 Å². The van der Waals surface area contributed by atoms with Crippen LogP contribution in [0.4, 0.5) is 5.69 Å². The first kappa shape index (κ1) is 15.9. The molecule has 0 aromatic heterocycles. The van der Waals surface area contributed by atoms with Crippen molar-refractivity contribution in [2.45, 2.75) is 10.1 Å². The topological polar surface area (TPSA) is 29.4 Å². The first-order chi connectivity index (χ1) is 12.7. The molecule has 4 heteroatoms. The summed E-state index contributed by atoms with van der Waals surface area (Å²) in [6, 6.07) is 23.7. The minimum absolute atomic E-state index is 0.0328. The van der Waals surface area contributed by atoms with Gasteiger partial charge in [0.1, 0.15) is 0 Å². The van der Waals surface area contributed by atoms with Crippen LogP contribution in [0.25, 0.3) is 0 Å². The van der Waals surface area contributed by atoms with Crippen LogP contribution in [0.15, 0.2) is 82.7 Å². The van der Waals surface area contributed by atoms with Gasteiger partial charge in [-0.25, -0.2) is 0 Å². The third kappa shape index (κ3) is 2.43. The van der Waals surface area contributed by atoms with E-state index in [2.05, 4.69) is 6.07 Å². The van der Waals surface area contributed by atoms with Crippen molar-refractivity contribution in [2.75, 3.05) is 0 Å². The number of para-hydroxylation sites is 1. The molecule has 1 heterocycles. The molecule has 2 aliphatic rings. The number of aliphatic imine (C=N–C) groups is 1. The smallest absolute Gasteiger partial charge is 0.174 e. The van der Waals surface area contributed by atoms with E-state index in [0.717, 1.165) is 33.0 Å². The summed E-state index contributed by atoms with van der Waals surface area (Å²) in [7, 11) is 0. The Hall–Kier alpha value is -2.36. The molecule has 0 saturated heterocycles. The van der Waals surface area contributed by atoms with E-state index >= 15 is 0 Å². The number of benzene rings is 3. The van der Waals surface area contributed by atoms with Gasteiger partial charge < -0.3 is 0 Å². The number of rotatable bonds is 1. The van der Waals surface area contributed by atoms with Crippen molar-refractivity contribution in [3.05, 3.63) is 94.5 Å². The summed E-state index contributed by atoms with van der Waals surface area (Å²) in [6.07, 6.45) is 0. The van der Waals surface area contributed by atoms with E-state index in [9.17, 15) is 4.79 Å². The zero-order chi connectivity index (χ0) is 17.7. The highest BCUT2D eigenvalue weighted by atomic mass is 35.5. The molecule has 2 nitrogen and oxygen atoms in total. The molecule has 5 rings (SSSR count). The van der Waals surface area contributed by atoms with E-state index < -0.39 is 0 Å². The summed E-state index contributed by atoms with van der Waals surface area (Å²) in [5, 5.41) is 0.664. The van der Waals surface area contributed by atoms with Gasteiger partial charge in [-0.05, 0) is 29.8 Å². The number of hydrogen-bond acceptors (Lipinski definition) is 3. The standard InChI is InChI=1S/C22H14ClNOS/c23-14-11-9-13(10-12-14)22-19-20(15-5-1-2-6-16(15)21(19)25)24-17-7-3-4-8-18(17)26-22/h1-12,19,22H/t19-,22+/m1/s1. The lowest BCUT2D eigenvalue weighted by molar-refractivity contribution is 0.0960. The molecule has 0 unspecified atom stereocenters. The quantitative estimate of drug-likeness (QED) is 0.512. The van der Waals surface area contributed by atoms with Crippen LogP contribution >= 0.6 is 23.4 Å². The predicted molar refractivity (Wildman–Crippen MR) is 107 cm³/mol. The van der Waals surface area contributed by atoms with Crippen molar-refractivity contribution in [1.29, 1.82) is 0 Å². The summed E-state index contributed by atoms with van der Waals surface area (Å²) in [5.74, 6) is -0.134. The molecule has 1 aliphatic heterocycles. The molecule has 0 spiro atoms. The maximum absolute atomic E-state index is 13.3. The van der Waals surface area contributed by atoms with Gasteiger partial charge in [-0.1, -0.05) is 60.1 Å². The molecular weight excluding hydrogens is 362 g/mol. The van der Waals surface area contributed by atoms with Crippen molar-refractivity contribution in [3.8, 4) is 0 Å². The monoisotopic (exact) mass is 375 g/mol. The number of ketones is 1. The normalized spacial score (nSPS) is 20.7. The van der Waals surface area contributed by atoms with E-state index in [-0.39, 0.29) is 17.0 Å². The number of nitrogens with zero attached hydrogens (tertiary/aromatic N) is 1. The van der Waals surface area contributed by atoms with Crippen LogP contribution < -0.4 is 0 Å². The molecule has 0 saturated carbocycles. The second-order valence-corrected chi connectivity index (χ2v) is 8.06. The van der Waals surface area contributed by atoms with Crippen LogP contribution in [0.1, 0.15) is 26.7 Å². The van der Waals surface area contributed by atoms with Crippen LogP contribution in [0.2, 0.25) is 5.02 Å². The zero-order valence-corrected chi connectivity index (χ0v) is 15.3. The molecule has 126 valence electrons. The highest BCUT2D eigenvalue weighted by Gasteiger charge is 2.44. The summed E-state index contributed by atoms with van der Waals surface area (Å²) in [4.78, 5) is 19.3. The minimum atomic E-state index is -0.286.